The second-order valence-corrected chi connectivity index (χ2v) is 7.75. The molecule has 25 heavy (non-hydrogen) atoms. The van der Waals surface area contributed by atoms with Gasteiger partial charge in [-0.25, -0.2) is 0 Å². The fourth-order valence-electron chi connectivity index (χ4n) is 2.28. The van der Waals surface area contributed by atoms with E-state index in [2.05, 4.69) is 49.3 Å². The highest BCUT2D eigenvalue weighted by Crippen LogP contribution is 2.27. The van der Waals surface area contributed by atoms with Crippen molar-refractivity contribution in [1.82, 2.24) is 0 Å². The molecule has 0 atom stereocenters. The Labute approximate surface area is 169 Å². The fourth-order valence-corrected chi connectivity index (χ4v) is 3.22. The smallest absolute Gasteiger partial charge is 0.134 e. The zero-order valence-corrected chi connectivity index (χ0v) is 17.2. The first-order valence-corrected chi connectivity index (χ1v) is 9.72. The fraction of sp³-hybridized carbons (Fsp3) is 0.100. The molecule has 0 heterocycles. The van der Waals surface area contributed by atoms with E-state index in [1.807, 2.05) is 54.6 Å². The molecule has 0 unspecified atom stereocenters. The maximum absolute atomic E-state index is 5.90. The molecule has 0 fully saturated rings. The average Bonchev–Trinajstić information content (AvgIpc) is 2.62. The number of hydrogen-bond acceptors (Lipinski definition) is 2. The molecule has 0 aliphatic carbocycles. The Morgan fingerprint density at radius 3 is 2.20 bits per heavy atom. The molecule has 0 saturated heterocycles. The number of ether oxygens (including phenoxy) is 1. The van der Waals surface area contributed by atoms with Gasteiger partial charge < -0.3 is 10.1 Å². The Balaban J connectivity index is 1.58. The Kier molecular flexibility index (Phi) is 6.40. The quantitative estimate of drug-likeness (QED) is 0.407. The van der Waals surface area contributed by atoms with Crippen molar-refractivity contribution in [2.24, 2.45) is 0 Å². The minimum Gasteiger partial charge on any atom is -0.488 e. The van der Waals surface area contributed by atoms with E-state index in [1.54, 1.807) is 0 Å². The summed E-state index contributed by atoms with van der Waals surface area (Å²) in [4.78, 5) is 0. The van der Waals surface area contributed by atoms with E-state index in [0.717, 1.165) is 37.5 Å². The van der Waals surface area contributed by atoms with Gasteiger partial charge in [0, 0.05) is 21.7 Å². The molecule has 3 aromatic rings. The highest BCUT2D eigenvalue weighted by atomic mass is 79.9. The lowest BCUT2D eigenvalue weighted by atomic mass is 10.2. The highest BCUT2D eigenvalue weighted by molar-refractivity contribution is 9.10. The maximum Gasteiger partial charge on any atom is 0.134 e. The minimum absolute atomic E-state index is 0.506. The molecule has 0 bridgehead atoms. The Bertz CT molecular complexity index is 835. The summed E-state index contributed by atoms with van der Waals surface area (Å²) in [5, 5.41) is 4.13. The van der Waals surface area contributed by atoms with Crippen LogP contribution in [0.5, 0.6) is 5.75 Å². The third kappa shape index (κ3) is 5.50. The first-order valence-electron chi connectivity index (χ1n) is 7.75. The third-order valence-corrected chi connectivity index (χ3v) is 5.05. The van der Waals surface area contributed by atoms with Gasteiger partial charge in [0.05, 0.1) is 4.47 Å². The lowest BCUT2D eigenvalue weighted by Gasteiger charge is -2.11. The van der Waals surface area contributed by atoms with Crippen LogP contribution < -0.4 is 10.1 Å². The summed E-state index contributed by atoms with van der Waals surface area (Å²) >= 11 is 12.9. The Morgan fingerprint density at radius 2 is 1.52 bits per heavy atom. The lowest BCUT2D eigenvalue weighted by molar-refractivity contribution is 0.304. The van der Waals surface area contributed by atoms with Crippen LogP contribution in [0.4, 0.5) is 5.69 Å². The largest absolute Gasteiger partial charge is 0.488 e. The number of anilines is 1. The molecular weight excluding hydrogens is 465 g/mol. The third-order valence-electron chi connectivity index (χ3n) is 3.64. The van der Waals surface area contributed by atoms with Crippen molar-refractivity contribution >= 4 is 49.1 Å². The molecule has 0 radical (unpaired) electrons. The number of hydrogen-bond donors (Lipinski definition) is 1. The molecule has 0 aromatic heterocycles. The predicted molar refractivity (Wildman–Crippen MR) is 111 cm³/mol. The molecule has 128 valence electrons. The predicted octanol–water partition coefficient (Wildman–Crippen LogP) is 7.06. The normalized spacial score (nSPS) is 10.5. The average molecular weight is 482 g/mol. The summed E-state index contributed by atoms with van der Waals surface area (Å²) in [5.41, 5.74) is 3.34. The van der Waals surface area contributed by atoms with Gasteiger partial charge in [0.15, 0.2) is 0 Å². The Hall–Kier alpha value is -1.49. The molecule has 0 amide bonds. The molecule has 3 rings (SSSR count). The minimum atomic E-state index is 0.506. The van der Waals surface area contributed by atoms with Crippen LogP contribution in [0.3, 0.4) is 0 Å². The molecule has 3 aromatic carbocycles. The van der Waals surface area contributed by atoms with Crippen molar-refractivity contribution in [2.45, 2.75) is 13.2 Å². The topological polar surface area (TPSA) is 21.3 Å². The van der Waals surface area contributed by atoms with Crippen LogP contribution in [0.15, 0.2) is 75.7 Å². The van der Waals surface area contributed by atoms with E-state index in [-0.39, 0.29) is 0 Å². The summed E-state index contributed by atoms with van der Waals surface area (Å²) < 4.78 is 7.89. The van der Waals surface area contributed by atoms with E-state index in [9.17, 15) is 0 Å². The summed E-state index contributed by atoms with van der Waals surface area (Å²) in [5.74, 6) is 0.822. The van der Waals surface area contributed by atoms with Crippen LogP contribution >= 0.6 is 43.5 Å². The van der Waals surface area contributed by atoms with E-state index < -0.39 is 0 Å². The standard InChI is InChI=1S/C20H16Br2ClNO/c21-16-4-8-18(9-5-16)24-12-15-3-10-20(19(22)11-15)25-13-14-1-6-17(23)7-2-14/h1-11,24H,12-13H2. The van der Waals surface area contributed by atoms with Crippen molar-refractivity contribution in [3.8, 4) is 5.75 Å². The van der Waals surface area contributed by atoms with Crippen LogP contribution in [0.25, 0.3) is 0 Å². The van der Waals surface area contributed by atoms with Gasteiger partial charge in [-0.1, -0.05) is 45.7 Å². The van der Waals surface area contributed by atoms with E-state index >= 15 is 0 Å². The molecule has 0 saturated carbocycles. The van der Waals surface area contributed by atoms with E-state index in [1.165, 1.54) is 5.56 Å². The summed E-state index contributed by atoms with van der Waals surface area (Å²) in [6.07, 6.45) is 0. The number of benzene rings is 3. The van der Waals surface area contributed by atoms with Gasteiger partial charge in [-0.2, -0.15) is 0 Å². The summed E-state index contributed by atoms with van der Waals surface area (Å²) in [6.45, 7) is 1.25. The van der Waals surface area contributed by atoms with Crippen LogP contribution in [-0.4, -0.2) is 0 Å². The van der Waals surface area contributed by atoms with Crippen LogP contribution in [-0.2, 0) is 13.2 Å². The van der Waals surface area contributed by atoms with Gasteiger partial charge in [0.25, 0.3) is 0 Å². The first-order chi connectivity index (χ1) is 12.1. The molecular formula is C20H16Br2ClNO. The summed E-state index contributed by atoms with van der Waals surface area (Å²) in [6, 6.07) is 21.9. The van der Waals surface area contributed by atoms with E-state index in [4.69, 9.17) is 16.3 Å². The zero-order valence-electron chi connectivity index (χ0n) is 13.3. The van der Waals surface area contributed by atoms with Crippen molar-refractivity contribution < 1.29 is 4.74 Å². The van der Waals surface area contributed by atoms with Crippen molar-refractivity contribution in [2.75, 3.05) is 5.32 Å². The van der Waals surface area contributed by atoms with E-state index in [0.29, 0.717) is 6.61 Å². The molecule has 5 heteroatoms. The zero-order chi connectivity index (χ0) is 17.6. The van der Waals surface area contributed by atoms with Crippen molar-refractivity contribution in [3.05, 3.63) is 91.8 Å². The first kappa shape index (κ1) is 18.3. The van der Waals surface area contributed by atoms with Gasteiger partial charge >= 0.3 is 0 Å². The van der Waals surface area contributed by atoms with Gasteiger partial charge in [-0.3, -0.25) is 0 Å². The summed E-state index contributed by atoms with van der Waals surface area (Å²) in [7, 11) is 0. The second kappa shape index (κ2) is 8.75. The monoisotopic (exact) mass is 479 g/mol. The molecule has 0 aliphatic heterocycles. The number of halogens is 3. The molecule has 1 N–H and O–H groups in total. The van der Waals surface area contributed by atoms with Gasteiger partial charge in [-0.05, 0) is 75.6 Å². The van der Waals surface area contributed by atoms with Gasteiger partial charge in [0.2, 0.25) is 0 Å². The van der Waals surface area contributed by atoms with Crippen LogP contribution in [0, 0.1) is 0 Å². The number of rotatable bonds is 6. The van der Waals surface area contributed by atoms with Gasteiger partial charge in [0.1, 0.15) is 12.4 Å². The second-order valence-electron chi connectivity index (χ2n) is 5.54. The van der Waals surface area contributed by atoms with Gasteiger partial charge in [-0.15, -0.1) is 0 Å². The van der Waals surface area contributed by atoms with Crippen molar-refractivity contribution in [3.63, 3.8) is 0 Å². The maximum atomic E-state index is 5.90. The lowest BCUT2D eigenvalue weighted by Crippen LogP contribution is -2.00. The molecule has 2 nitrogen and oxygen atoms in total. The molecule has 0 aliphatic rings. The number of nitrogens with one attached hydrogen (secondary N) is 1. The highest BCUT2D eigenvalue weighted by Gasteiger charge is 2.04. The molecule has 0 spiro atoms. The van der Waals surface area contributed by atoms with Crippen LogP contribution in [0.1, 0.15) is 11.1 Å². The van der Waals surface area contributed by atoms with Crippen molar-refractivity contribution in [1.29, 1.82) is 0 Å². The Morgan fingerprint density at radius 1 is 0.840 bits per heavy atom. The SMILES string of the molecule is Clc1ccc(COc2ccc(CNc3ccc(Br)cc3)cc2Br)cc1. The van der Waals surface area contributed by atoms with Crippen LogP contribution in [0.2, 0.25) is 5.02 Å².